The van der Waals surface area contributed by atoms with Crippen molar-refractivity contribution in [3.05, 3.63) is 0 Å². The minimum Gasteiger partial charge on any atom is -0.383 e. The van der Waals surface area contributed by atoms with Crippen molar-refractivity contribution < 1.29 is 9.53 Å². The van der Waals surface area contributed by atoms with Gasteiger partial charge in [0.2, 0.25) is 0 Å². The average molecular weight is 295 g/mol. The molecule has 0 aliphatic heterocycles. The van der Waals surface area contributed by atoms with Crippen molar-refractivity contribution in [1.29, 1.82) is 0 Å². The van der Waals surface area contributed by atoms with Crippen molar-refractivity contribution in [3.8, 4) is 0 Å². The van der Waals surface area contributed by atoms with Crippen molar-refractivity contribution in [2.75, 3.05) is 33.4 Å². The van der Waals surface area contributed by atoms with Crippen LogP contribution < -0.4 is 11.1 Å². The number of nitrogens with one attached hydrogen (secondary N) is 1. The summed E-state index contributed by atoms with van der Waals surface area (Å²) in [5.74, 6) is 2.54. The highest BCUT2D eigenvalue weighted by Crippen LogP contribution is 2.55. The first kappa shape index (κ1) is 15.1. The summed E-state index contributed by atoms with van der Waals surface area (Å²) in [6.45, 7) is 2.28. The number of methoxy groups -OCH3 is 1. The van der Waals surface area contributed by atoms with Crippen LogP contribution in [0.4, 0.5) is 4.79 Å². The number of amides is 2. The quantitative estimate of drug-likeness (QED) is 0.781. The standard InChI is InChI=1S/C16H29N3O2/c1-21-5-4-19(3-2-17)15(20)18-16-9-12-6-13(10-16)8-14(7-12)11-16/h12-14H,2-11,17H2,1H3,(H,18,20). The lowest BCUT2D eigenvalue weighted by molar-refractivity contribution is -0.0159. The fourth-order valence-corrected chi connectivity index (χ4v) is 5.24. The molecule has 4 bridgehead atoms. The highest BCUT2D eigenvalue weighted by Gasteiger charge is 2.51. The molecule has 0 heterocycles. The first-order chi connectivity index (χ1) is 10.1. The minimum atomic E-state index is 0.0550. The molecule has 4 aliphatic rings. The van der Waals surface area contributed by atoms with Gasteiger partial charge in [0.1, 0.15) is 0 Å². The molecule has 4 aliphatic carbocycles. The lowest BCUT2D eigenvalue weighted by atomic mass is 9.53. The molecule has 0 radical (unpaired) electrons. The molecule has 0 aromatic heterocycles. The van der Waals surface area contributed by atoms with Crippen molar-refractivity contribution in [3.63, 3.8) is 0 Å². The molecule has 3 N–H and O–H groups in total. The fraction of sp³-hybridized carbons (Fsp3) is 0.938. The second-order valence-corrected chi connectivity index (χ2v) is 7.40. The molecule has 0 aromatic carbocycles. The highest BCUT2D eigenvalue weighted by atomic mass is 16.5. The van der Waals surface area contributed by atoms with Crippen molar-refractivity contribution in [1.82, 2.24) is 10.2 Å². The molecule has 4 saturated carbocycles. The summed E-state index contributed by atoms with van der Waals surface area (Å²) >= 11 is 0. The Bertz CT molecular complexity index is 350. The zero-order valence-corrected chi connectivity index (χ0v) is 13.1. The number of nitrogens with zero attached hydrogens (tertiary/aromatic N) is 1. The van der Waals surface area contributed by atoms with Crippen LogP contribution in [0.25, 0.3) is 0 Å². The molecule has 4 rings (SSSR count). The van der Waals surface area contributed by atoms with Gasteiger partial charge in [0, 0.05) is 32.3 Å². The third-order valence-electron chi connectivity index (χ3n) is 5.66. The monoisotopic (exact) mass is 295 g/mol. The van der Waals surface area contributed by atoms with Gasteiger partial charge in [-0.2, -0.15) is 0 Å². The van der Waals surface area contributed by atoms with E-state index in [0.717, 1.165) is 17.8 Å². The van der Waals surface area contributed by atoms with E-state index in [1.807, 2.05) is 4.90 Å². The van der Waals surface area contributed by atoms with E-state index in [0.29, 0.717) is 26.2 Å². The SMILES string of the molecule is COCCN(CCN)C(=O)NC12CC3CC(CC(C3)C1)C2. The van der Waals surface area contributed by atoms with Crippen LogP contribution in [0.2, 0.25) is 0 Å². The Kier molecular flexibility index (Phi) is 4.41. The van der Waals surface area contributed by atoms with Crippen molar-refractivity contribution in [2.24, 2.45) is 23.5 Å². The number of hydrogen-bond acceptors (Lipinski definition) is 3. The van der Waals surface area contributed by atoms with E-state index in [-0.39, 0.29) is 11.6 Å². The minimum absolute atomic E-state index is 0.0550. The molecule has 5 nitrogen and oxygen atoms in total. The van der Waals surface area contributed by atoms with E-state index in [4.69, 9.17) is 10.5 Å². The van der Waals surface area contributed by atoms with Crippen LogP contribution in [0.5, 0.6) is 0 Å². The summed E-state index contributed by atoms with van der Waals surface area (Å²) in [5.41, 5.74) is 5.71. The van der Waals surface area contributed by atoms with Crippen LogP contribution in [-0.2, 0) is 4.74 Å². The molecule has 0 unspecified atom stereocenters. The average Bonchev–Trinajstić information content (AvgIpc) is 2.41. The van der Waals surface area contributed by atoms with Crippen molar-refractivity contribution >= 4 is 6.03 Å². The number of carbonyl (C=O) groups excluding carboxylic acids is 1. The molecule has 2 amide bonds. The molecule has 120 valence electrons. The zero-order valence-electron chi connectivity index (χ0n) is 13.1. The Balaban J connectivity index is 1.63. The van der Waals surface area contributed by atoms with E-state index in [9.17, 15) is 4.79 Å². The Hall–Kier alpha value is -0.810. The number of ether oxygens (including phenoxy) is 1. The lowest BCUT2D eigenvalue weighted by Gasteiger charge is -2.57. The van der Waals surface area contributed by atoms with Crippen LogP contribution in [-0.4, -0.2) is 49.8 Å². The van der Waals surface area contributed by atoms with E-state index in [2.05, 4.69) is 5.32 Å². The van der Waals surface area contributed by atoms with Gasteiger partial charge in [0.25, 0.3) is 0 Å². The molecule has 0 aromatic rings. The van der Waals surface area contributed by atoms with Gasteiger partial charge >= 0.3 is 6.03 Å². The summed E-state index contributed by atoms with van der Waals surface area (Å²) in [4.78, 5) is 14.4. The van der Waals surface area contributed by atoms with E-state index in [1.165, 1.54) is 38.5 Å². The van der Waals surface area contributed by atoms with Gasteiger partial charge in [0.05, 0.1) is 6.61 Å². The number of urea groups is 1. The summed E-state index contributed by atoms with van der Waals surface area (Å²) < 4.78 is 5.10. The van der Waals surface area contributed by atoms with Crippen LogP contribution in [0, 0.1) is 17.8 Å². The van der Waals surface area contributed by atoms with E-state index in [1.54, 1.807) is 7.11 Å². The lowest BCUT2D eigenvalue weighted by Crippen LogP contribution is -2.62. The van der Waals surface area contributed by atoms with E-state index >= 15 is 0 Å². The maximum atomic E-state index is 12.6. The Morgan fingerprint density at radius 3 is 2.24 bits per heavy atom. The van der Waals surface area contributed by atoms with Crippen LogP contribution >= 0.6 is 0 Å². The van der Waals surface area contributed by atoms with Gasteiger partial charge in [-0.1, -0.05) is 0 Å². The number of rotatable bonds is 6. The maximum Gasteiger partial charge on any atom is 0.317 e. The number of hydrogen-bond donors (Lipinski definition) is 2. The van der Waals surface area contributed by atoms with E-state index < -0.39 is 0 Å². The topological polar surface area (TPSA) is 67.6 Å². The Labute approximate surface area is 127 Å². The van der Waals surface area contributed by atoms with Crippen LogP contribution in [0.15, 0.2) is 0 Å². The second-order valence-electron chi connectivity index (χ2n) is 7.40. The summed E-state index contributed by atoms with van der Waals surface area (Å²) in [5, 5.41) is 3.39. The number of nitrogens with two attached hydrogens (primary N) is 1. The predicted octanol–water partition coefficient (Wildman–Crippen LogP) is 1.57. The van der Waals surface area contributed by atoms with Gasteiger partial charge in [-0.05, 0) is 56.3 Å². The smallest absolute Gasteiger partial charge is 0.317 e. The Morgan fingerprint density at radius 2 is 1.76 bits per heavy atom. The number of carbonyl (C=O) groups is 1. The van der Waals surface area contributed by atoms with Crippen molar-refractivity contribution in [2.45, 2.75) is 44.1 Å². The van der Waals surface area contributed by atoms with Gasteiger partial charge in [0.15, 0.2) is 0 Å². The largest absolute Gasteiger partial charge is 0.383 e. The Morgan fingerprint density at radius 1 is 1.19 bits per heavy atom. The highest BCUT2D eigenvalue weighted by molar-refractivity contribution is 5.75. The molecule has 0 saturated heterocycles. The fourth-order valence-electron chi connectivity index (χ4n) is 5.24. The summed E-state index contributed by atoms with van der Waals surface area (Å²) in [6, 6.07) is 0.0550. The third kappa shape index (κ3) is 3.19. The van der Waals surface area contributed by atoms with Gasteiger partial charge < -0.3 is 20.7 Å². The molecular weight excluding hydrogens is 266 g/mol. The molecule has 0 spiro atoms. The molecule has 21 heavy (non-hydrogen) atoms. The zero-order chi connectivity index (χ0) is 14.9. The van der Waals surface area contributed by atoms with Crippen LogP contribution in [0.3, 0.4) is 0 Å². The predicted molar refractivity (Wildman–Crippen MR) is 81.9 cm³/mol. The van der Waals surface area contributed by atoms with Crippen LogP contribution in [0.1, 0.15) is 38.5 Å². The maximum absolute atomic E-state index is 12.6. The molecule has 5 heteroatoms. The second kappa shape index (κ2) is 6.13. The first-order valence-corrected chi connectivity index (χ1v) is 8.40. The third-order valence-corrected chi connectivity index (χ3v) is 5.66. The summed E-state index contributed by atoms with van der Waals surface area (Å²) in [6.07, 6.45) is 7.74. The summed E-state index contributed by atoms with van der Waals surface area (Å²) in [7, 11) is 1.66. The van der Waals surface area contributed by atoms with Gasteiger partial charge in [-0.3, -0.25) is 0 Å². The normalized spacial score (nSPS) is 36.8. The molecular formula is C16H29N3O2. The first-order valence-electron chi connectivity index (χ1n) is 8.40. The molecule has 4 fully saturated rings. The molecule has 0 atom stereocenters. The van der Waals surface area contributed by atoms with Gasteiger partial charge in [-0.15, -0.1) is 0 Å². The van der Waals surface area contributed by atoms with Gasteiger partial charge in [-0.25, -0.2) is 4.79 Å².